The lowest BCUT2D eigenvalue weighted by molar-refractivity contribution is -0.142. The molecular formula is C24H18Cl3NO4. The molecule has 0 saturated heterocycles. The van der Waals surface area contributed by atoms with Crippen LogP contribution in [0.4, 0.5) is 5.69 Å². The second kappa shape index (κ2) is 11.6. The number of ether oxygens (including phenoxy) is 2. The Hall–Kier alpha value is -2.99. The van der Waals surface area contributed by atoms with Gasteiger partial charge >= 0.3 is 5.97 Å². The SMILES string of the molecule is O=C(COC(=O)C=Cc1ccc(OCc2c(Cl)cccc2Cl)cc1)Nc1ccccc1Cl. The number of carbonyl (C=O) groups is 2. The summed E-state index contributed by atoms with van der Waals surface area (Å²) in [5.41, 5.74) is 1.91. The smallest absolute Gasteiger partial charge is 0.331 e. The fraction of sp³-hybridized carbons (Fsp3) is 0.0833. The maximum Gasteiger partial charge on any atom is 0.331 e. The number of esters is 1. The number of nitrogens with one attached hydrogen (secondary N) is 1. The van der Waals surface area contributed by atoms with E-state index >= 15 is 0 Å². The third-order valence-corrected chi connectivity index (χ3v) is 5.27. The Morgan fingerprint density at radius 1 is 0.844 bits per heavy atom. The highest BCUT2D eigenvalue weighted by Gasteiger charge is 2.08. The highest BCUT2D eigenvalue weighted by molar-refractivity contribution is 6.36. The number of para-hydroxylation sites is 1. The molecule has 0 atom stereocenters. The standard InChI is InChI=1S/C24H18Cl3NO4/c25-19-5-3-6-20(26)18(19)14-31-17-11-8-16(9-12-17)10-13-24(30)32-15-23(29)28-22-7-2-1-4-21(22)27/h1-13H,14-15H2,(H,28,29). The maximum absolute atomic E-state index is 11.9. The summed E-state index contributed by atoms with van der Waals surface area (Å²) in [6.45, 7) is -0.192. The third kappa shape index (κ3) is 7.02. The number of amides is 1. The zero-order valence-electron chi connectivity index (χ0n) is 16.7. The number of rotatable bonds is 8. The van der Waals surface area contributed by atoms with Gasteiger partial charge in [-0.1, -0.05) is 65.1 Å². The van der Waals surface area contributed by atoms with Crippen molar-refractivity contribution < 1.29 is 19.1 Å². The minimum Gasteiger partial charge on any atom is -0.489 e. The van der Waals surface area contributed by atoms with E-state index in [9.17, 15) is 9.59 Å². The van der Waals surface area contributed by atoms with Gasteiger partial charge in [0.2, 0.25) is 0 Å². The van der Waals surface area contributed by atoms with E-state index < -0.39 is 18.5 Å². The number of halogens is 3. The average Bonchev–Trinajstić information content (AvgIpc) is 2.78. The van der Waals surface area contributed by atoms with E-state index in [4.69, 9.17) is 44.3 Å². The van der Waals surface area contributed by atoms with Crippen molar-refractivity contribution in [1.29, 1.82) is 0 Å². The molecule has 3 aromatic rings. The molecule has 3 rings (SSSR count). The van der Waals surface area contributed by atoms with Crippen molar-refractivity contribution in [3.05, 3.63) is 99.0 Å². The molecule has 0 radical (unpaired) electrons. The van der Waals surface area contributed by atoms with Crippen molar-refractivity contribution in [2.45, 2.75) is 6.61 Å². The van der Waals surface area contributed by atoms with Crippen molar-refractivity contribution in [3.8, 4) is 5.75 Å². The normalized spacial score (nSPS) is 10.7. The zero-order chi connectivity index (χ0) is 22.9. The summed E-state index contributed by atoms with van der Waals surface area (Å²) in [6.07, 6.45) is 2.81. The number of anilines is 1. The van der Waals surface area contributed by atoms with Crippen LogP contribution >= 0.6 is 34.8 Å². The summed E-state index contributed by atoms with van der Waals surface area (Å²) in [5, 5.41) is 4.05. The van der Waals surface area contributed by atoms with Gasteiger partial charge in [-0.25, -0.2) is 4.79 Å². The molecule has 0 aliphatic heterocycles. The Morgan fingerprint density at radius 3 is 2.19 bits per heavy atom. The molecule has 0 fully saturated rings. The van der Waals surface area contributed by atoms with Gasteiger partial charge in [0.05, 0.1) is 10.7 Å². The molecule has 1 amide bonds. The minimum atomic E-state index is -0.645. The van der Waals surface area contributed by atoms with Crippen molar-refractivity contribution in [1.82, 2.24) is 0 Å². The highest BCUT2D eigenvalue weighted by atomic mass is 35.5. The summed E-state index contributed by atoms with van der Waals surface area (Å²) >= 11 is 18.2. The molecule has 32 heavy (non-hydrogen) atoms. The lowest BCUT2D eigenvalue weighted by atomic mass is 10.2. The van der Waals surface area contributed by atoms with E-state index in [-0.39, 0.29) is 6.61 Å². The molecule has 0 unspecified atom stereocenters. The summed E-state index contributed by atoms with van der Waals surface area (Å²) in [6, 6.07) is 19.1. The van der Waals surface area contributed by atoms with Gasteiger partial charge in [0.25, 0.3) is 5.91 Å². The van der Waals surface area contributed by atoms with Gasteiger partial charge in [0.15, 0.2) is 6.61 Å². The van der Waals surface area contributed by atoms with Crippen molar-refractivity contribution in [3.63, 3.8) is 0 Å². The third-order valence-electron chi connectivity index (χ3n) is 4.23. The molecule has 5 nitrogen and oxygen atoms in total. The lowest BCUT2D eigenvalue weighted by Crippen LogP contribution is -2.20. The second-order valence-corrected chi connectivity index (χ2v) is 7.75. The summed E-state index contributed by atoms with van der Waals surface area (Å²) < 4.78 is 10.7. The van der Waals surface area contributed by atoms with Crippen LogP contribution in [0.3, 0.4) is 0 Å². The van der Waals surface area contributed by atoms with Gasteiger partial charge in [-0.15, -0.1) is 0 Å². The van der Waals surface area contributed by atoms with E-state index in [0.29, 0.717) is 32.1 Å². The number of carbonyl (C=O) groups excluding carboxylic acids is 2. The predicted molar refractivity (Wildman–Crippen MR) is 127 cm³/mol. The Labute approximate surface area is 200 Å². The molecule has 0 heterocycles. The van der Waals surface area contributed by atoms with E-state index in [2.05, 4.69) is 5.32 Å². The molecule has 164 valence electrons. The average molecular weight is 491 g/mol. The van der Waals surface area contributed by atoms with Gasteiger partial charge in [-0.3, -0.25) is 4.79 Å². The molecule has 3 aromatic carbocycles. The molecular weight excluding hydrogens is 473 g/mol. The number of hydrogen-bond acceptors (Lipinski definition) is 4. The van der Waals surface area contributed by atoms with Crippen LogP contribution in [-0.4, -0.2) is 18.5 Å². The van der Waals surface area contributed by atoms with E-state index in [1.54, 1.807) is 72.8 Å². The molecule has 0 spiro atoms. The molecule has 0 bridgehead atoms. The van der Waals surface area contributed by atoms with Gasteiger partial charge in [-0.2, -0.15) is 0 Å². The van der Waals surface area contributed by atoms with Crippen molar-refractivity contribution in [2.24, 2.45) is 0 Å². The monoisotopic (exact) mass is 489 g/mol. The first-order valence-corrected chi connectivity index (χ1v) is 10.6. The fourth-order valence-electron chi connectivity index (χ4n) is 2.60. The minimum absolute atomic E-state index is 0.232. The second-order valence-electron chi connectivity index (χ2n) is 6.53. The van der Waals surface area contributed by atoms with Crippen LogP contribution in [0.15, 0.2) is 72.8 Å². The van der Waals surface area contributed by atoms with Crippen LogP contribution in [0.5, 0.6) is 5.75 Å². The lowest BCUT2D eigenvalue weighted by Gasteiger charge is -2.09. The topological polar surface area (TPSA) is 64.6 Å². The van der Waals surface area contributed by atoms with Gasteiger partial charge in [-0.05, 0) is 48.0 Å². The molecule has 0 aliphatic carbocycles. The van der Waals surface area contributed by atoms with Crippen LogP contribution in [0.1, 0.15) is 11.1 Å². The van der Waals surface area contributed by atoms with Crippen LogP contribution in [0.25, 0.3) is 6.08 Å². The van der Waals surface area contributed by atoms with Crippen molar-refractivity contribution in [2.75, 3.05) is 11.9 Å². The van der Waals surface area contributed by atoms with Crippen molar-refractivity contribution >= 4 is 58.4 Å². The number of benzene rings is 3. The van der Waals surface area contributed by atoms with Crippen LogP contribution in [-0.2, 0) is 20.9 Å². The maximum atomic E-state index is 11.9. The Morgan fingerprint density at radius 2 is 1.50 bits per heavy atom. The summed E-state index contributed by atoms with van der Waals surface area (Å²) in [4.78, 5) is 23.8. The van der Waals surface area contributed by atoms with E-state index in [1.807, 2.05) is 0 Å². The molecule has 0 aliphatic rings. The van der Waals surface area contributed by atoms with Gasteiger partial charge in [0, 0.05) is 21.7 Å². The molecule has 0 saturated carbocycles. The van der Waals surface area contributed by atoms with Crippen LogP contribution < -0.4 is 10.1 Å². The molecule has 1 N–H and O–H groups in total. The predicted octanol–water partition coefficient (Wildman–Crippen LogP) is 6.42. The largest absolute Gasteiger partial charge is 0.489 e. The quantitative estimate of drug-likeness (QED) is 0.292. The first-order valence-electron chi connectivity index (χ1n) is 9.47. The fourth-order valence-corrected chi connectivity index (χ4v) is 3.29. The zero-order valence-corrected chi connectivity index (χ0v) is 19.0. The first kappa shape index (κ1) is 23.7. The Kier molecular flexibility index (Phi) is 8.56. The van der Waals surface area contributed by atoms with Gasteiger partial charge < -0.3 is 14.8 Å². The summed E-state index contributed by atoms with van der Waals surface area (Å²) in [7, 11) is 0. The highest BCUT2D eigenvalue weighted by Crippen LogP contribution is 2.26. The Bertz CT molecular complexity index is 1110. The molecule has 0 aromatic heterocycles. The van der Waals surface area contributed by atoms with E-state index in [0.717, 1.165) is 5.56 Å². The van der Waals surface area contributed by atoms with Crippen LogP contribution in [0, 0.1) is 0 Å². The molecule has 8 heteroatoms. The Balaban J connectivity index is 1.46. The summed E-state index contributed by atoms with van der Waals surface area (Å²) in [5.74, 6) is -0.509. The van der Waals surface area contributed by atoms with Crippen LogP contribution in [0.2, 0.25) is 15.1 Å². The van der Waals surface area contributed by atoms with E-state index in [1.165, 1.54) is 6.08 Å². The van der Waals surface area contributed by atoms with Gasteiger partial charge in [0.1, 0.15) is 12.4 Å². The first-order chi connectivity index (χ1) is 15.4. The number of hydrogen-bond donors (Lipinski definition) is 1.